The molecule has 0 N–H and O–H groups in total. The molecule has 0 aliphatic heterocycles. The molecule has 0 spiro atoms. The fourth-order valence-corrected chi connectivity index (χ4v) is 4.09. The predicted octanol–water partition coefficient (Wildman–Crippen LogP) is 6.05. The van der Waals surface area contributed by atoms with Crippen LogP contribution in [0, 0.1) is 0 Å². The number of ether oxygens (including phenoxy) is 1. The number of halogens is 2. The minimum Gasteiger partial charge on any atom is -0.484 e. The second-order valence-electron chi connectivity index (χ2n) is 7.46. The quantitative estimate of drug-likeness (QED) is 0.301. The summed E-state index contributed by atoms with van der Waals surface area (Å²) in [4.78, 5) is 9.71. The Morgan fingerprint density at radius 1 is 0.818 bits per heavy atom. The second-order valence-corrected chi connectivity index (χ2v) is 8.34. The normalized spacial score (nSPS) is 11.6. The van der Waals surface area contributed by atoms with Crippen molar-refractivity contribution in [3.8, 4) is 5.75 Å². The molecule has 6 aromatic rings. The highest BCUT2D eigenvalue weighted by atomic mass is 35.5. The molecule has 0 amide bonds. The number of hydrogen-bond acceptors (Lipinski definition) is 6. The molecule has 3 aromatic carbocycles. The average Bonchev–Trinajstić information content (AvgIpc) is 3.40. The van der Waals surface area contributed by atoms with Gasteiger partial charge in [-0.2, -0.15) is 0 Å². The molecule has 9 heteroatoms. The van der Waals surface area contributed by atoms with E-state index in [4.69, 9.17) is 42.3 Å². The zero-order chi connectivity index (χ0) is 22.4. The zero-order valence-electron chi connectivity index (χ0n) is 17.1. The van der Waals surface area contributed by atoms with E-state index in [2.05, 4.69) is 10.2 Å². The number of para-hydroxylation sites is 2. The first-order valence-electron chi connectivity index (χ1n) is 10.2. The van der Waals surface area contributed by atoms with Gasteiger partial charge < -0.3 is 13.7 Å². The molecule has 0 atom stereocenters. The Morgan fingerprint density at radius 3 is 2.36 bits per heavy atom. The zero-order valence-corrected chi connectivity index (χ0v) is 18.6. The number of fused-ring (bicyclic) bond motifs is 4. The Kier molecular flexibility index (Phi) is 4.86. The van der Waals surface area contributed by atoms with Crippen LogP contribution >= 0.6 is 23.2 Å². The summed E-state index contributed by atoms with van der Waals surface area (Å²) in [6, 6.07) is 20.6. The van der Waals surface area contributed by atoms with Gasteiger partial charge in [-0.05, 0) is 54.6 Å². The summed E-state index contributed by atoms with van der Waals surface area (Å²) in [6.07, 6.45) is 0. The van der Waals surface area contributed by atoms with Gasteiger partial charge in [0.05, 0.1) is 16.6 Å². The molecule has 0 aliphatic carbocycles. The molecule has 162 valence electrons. The minimum atomic E-state index is 0.155. The van der Waals surface area contributed by atoms with Crippen LogP contribution in [0.4, 0.5) is 0 Å². The summed E-state index contributed by atoms with van der Waals surface area (Å²) < 4.78 is 13.6. The van der Waals surface area contributed by atoms with E-state index in [9.17, 15) is 0 Å². The Balaban J connectivity index is 1.36. The van der Waals surface area contributed by atoms with Gasteiger partial charge in [0.25, 0.3) is 5.89 Å². The van der Waals surface area contributed by atoms with Crippen molar-refractivity contribution in [2.24, 2.45) is 0 Å². The number of nitrogens with zero attached hydrogens (tertiary/aromatic N) is 5. The Hall–Kier alpha value is -3.68. The Morgan fingerprint density at radius 2 is 1.55 bits per heavy atom. The van der Waals surface area contributed by atoms with Crippen LogP contribution in [0.5, 0.6) is 5.75 Å². The monoisotopic (exact) mass is 475 g/mol. The van der Waals surface area contributed by atoms with Gasteiger partial charge in [-0.15, -0.1) is 10.2 Å². The molecule has 7 nitrogen and oxygen atoms in total. The van der Waals surface area contributed by atoms with Gasteiger partial charge in [-0.25, -0.2) is 9.97 Å². The van der Waals surface area contributed by atoms with Crippen molar-refractivity contribution in [2.45, 2.75) is 13.2 Å². The van der Waals surface area contributed by atoms with E-state index in [1.54, 1.807) is 24.3 Å². The average molecular weight is 476 g/mol. The topological polar surface area (TPSA) is 78.9 Å². The van der Waals surface area contributed by atoms with Gasteiger partial charge in [0.15, 0.2) is 12.3 Å². The van der Waals surface area contributed by atoms with E-state index < -0.39 is 0 Å². The van der Waals surface area contributed by atoms with E-state index in [0.29, 0.717) is 34.1 Å². The lowest BCUT2D eigenvalue weighted by Crippen LogP contribution is -2.01. The van der Waals surface area contributed by atoms with Crippen molar-refractivity contribution in [3.63, 3.8) is 0 Å². The van der Waals surface area contributed by atoms with Crippen LogP contribution in [-0.4, -0.2) is 24.7 Å². The summed E-state index contributed by atoms with van der Waals surface area (Å²) in [6.45, 7) is 0.491. The van der Waals surface area contributed by atoms with Crippen LogP contribution in [0.15, 0.2) is 71.1 Å². The van der Waals surface area contributed by atoms with Crippen LogP contribution in [0.1, 0.15) is 11.8 Å². The molecular formula is C24H15Cl2N5O2. The van der Waals surface area contributed by atoms with E-state index in [1.165, 1.54) is 0 Å². The third-order valence-electron chi connectivity index (χ3n) is 5.29. The van der Waals surface area contributed by atoms with Crippen LogP contribution in [0.2, 0.25) is 10.0 Å². The molecule has 3 aromatic heterocycles. The van der Waals surface area contributed by atoms with Crippen molar-refractivity contribution in [2.75, 3.05) is 0 Å². The maximum atomic E-state index is 6.28. The van der Waals surface area contributed by atoms with E-state index in [0.717, 1.165) is 33.1 Å². The summed E-state index contributed by atoms with van der Waals surface area (Å²) in [5.74, 6) is 1.48. The largest absolute Gasteiger partial charge is 0.484 e. The van der Waals surface area contributed by atoms with Crippen molar-refractivity contribution in [3.05, 3.63) is 88.6 Å². The van der Waals surface area contributed by atoms with Crippen molar-refractivity contribution in [1.29, 1.82) is 0 Å². The van der Waals surface area contributed by atoms with Gasteiger partial charge in [0, 0.05) is 15.4 Å². The molecule has 0 saturated heterocycles. The number of rotatable bonds is 5. The van der Waals surface area contributed by atoms with Crippen LogP contribution in [0.3, 0.4) is 0 Å². The maximum absolute atomic E-state index is 6.28. The smallest absolute Gasteiger partial charge is 0.253 e. The summed E-state index contributed by atoms with van der Waals surface area (Å²) >= 11 is 12.2. The van der Waals surface area contributed by atoms with Gasteiger partial charge in [-0.3, -0.25) is 0 Å². The number of aromatic nitrogens is 5. The molecule has 0 radical (unpaired) electrons. The van der Waals surface area contributed by atoms with Crippen molar-refractivity contribution >= 4 is 56.3 Å². The first-order valence-corrected chi connectivity index (χ1v) is 10.9. The Bertz CT molecular complexity index is 1630. The third kappa shape index (κ3) is 3.75. The SMILES string of the molecule is Clc1ccc(OCc2nnc(Cn3c4ccc(Cl)cc4c4nc5ccccc5nc43)o2)cc1. The lowest BCUT2D eigenvalue weighted by Gasteiger charge is -2.04. The lowest BCUT2D eigenvalue weighted by atomic mass is 10.2. The first kappa shape index (κ1) is 20.0. The van der Waals surface area contributed by atoms with Crippen LogP contribution < -0.4 is 4.74 Å². The first-order chi connectivity index (χ1) is 16.1. The van der Waals surface area contributed by atoms with Gasteiger partial charge >= 0.3 is 0 Å². The number of hydrogen-bond donors (Lipinski definition) is 0. The van der Waals surface area contributed by atoms with Crippen molar-refractivity contribution < 1.29 is 9.15 Å². The van der Waals surface area contributed by atoms with Gasteiger partial charge in [0.1, 0.15) is 17.8 Å². The Labute approximate surface area is 197 Å². The molecule has 33 heavy (non-hydrogen) atoms. The molecule has 0 unspecified atom stereocenters. The highest BCUT2D eigenvalue weighted by Gasteiger charge is 2.17. The molecule has 0 aliphatic rings. The predicted molar refractivity (Wildman–Crippen MR) is 127 cm³/mol. The summed E-state index contributed by atoms with van der Waals surface area (Å²) in [5, 5.41) is 10.5. The highest BCUT2D eigenvalue weighted by molar-refractivity contribution is 6.31. The van der Waals surface area contributed by atoms with Crippen LogP contribution in [0.25, 0.3) is 33.1 Å². The maximum Gasteiger partial charge on any atom is 0.253 e. The van der Waals surface area contributed by atoms with E-state index in [1.807, 2.05) is 47.0 Å². The summed E-state index contributed by atoms with van der Waals surface area (Å²) in [7, 11) is 0. The van der Waals surface area contributed by atoms with E-state index in [-0.39, 0.29) is 6.61 Å². The molecular weight excluding hydrogens is 461 g/mol. The van der Waals surface area contributed by atoms with E-state index >= 15 is 0 Å². The highest BCUT2D eigenvalue weighted by Crippen LogP contribution is 2.31. The molecule has 0 saturated carbocycles. The molecule has 3 heterocycles. The molecule has 0 fully saturated rings. The number of benzene rings is 3. The van der Waals surface area contributed by atoms with Crippen LogP contribution in [-0.2, 0) is 13.2 Å². The van der Waals surface area contributed by atoms with Gasteiger partial charge in [-0.1, -0.05) is 35.3 Å². The standard InChI is InChI=1S/C24H15Cl2N5O2/c25-14-5-8-16(9-6-14)32-13-22-30-29-21(33-22)12-31-20-10-7-15(26)11-17(20)23-24(31)28-19-4-2-1-3-18(19)27-23/h1-11H,12-13H2. The molecule has 0 bridgehead atoms. The van der Waals surface area contributed by atoms with Crippen molar-refractivity contribution in [1.82, 2.24) is 24.7 Å². The molecule has 6 rings (SSSR count). The van der Waals surface area contributed by atoms with Gasteiger partial charge in [0.2, 0.25) is 5.89 Å². The lowest BCUT2D eigenvalue weighted by molar-refractivity contribution is 0.258. The second kappa shape index (κ2) is 8.03. The fourth-order valence-electron chi connectivity index (χ4n) is 3.79. The summed E-state index contributed by atoms with van der Waals surface area (Å²) in [5.41, 5.74) is 4.06. The minimum absolute atomic E-state index is 0.155. The fraction of sp³-hybridized carbons (Fsp3) is 0.0833. The third-order valence-corrected chi connectivity index (χ3v) is 5.78.